The average molecular weight is 549 g/mol. The van der Waals surface area contributed by atoms with Crippen molar-refractivity contribution < 1.29 is 28.8 Å². The highest BCUT2D eigenvalue weighted by atomic mass is 19.1. The van der Waals surface area contributed by atoms with Crippen LogP contribution < -0.4 is 25.4 Å². The van der Waals surface area contributed by atoms with E-state index in [1.165, 1.54) is 12.1 Å². The van der Waals surface area contributed by atoms with Gasteiger partial charge in [-0.25, -0.2) is 4.39 Å². The Morgan fingerprint density at radius 2 is 1.62 bits per heavy atom. The third-order valence-electron chi connectivity index (χ3n) is 7.65. The molecule has 0 saturated carbocycles. The summed E-state index contributed by atoms with van der Waals surface area (Å²) in [5.74, 6) is 0.766. The van der Waals surface area contributed by atoms with Crippen molar-refractivity contribution in [3.05, 3.63) is 77.6 Å². The maximum Gasteiger partial charge on any atom is 0.248 e. The van der Waals surface area contributed by atoms with Gasteiger partial charge in [0.2, 0.25) is 11.8 Å². The van der Waals surface area contributed by atoms with Crippen molar-refractivity contribution in [3.8, 4) is 22.6 Å². The number of halogens is 1. The Hall–Kier alpha value is -3.91. The molecule has 1 saturated heterocycles. The summed E-state index contributed by atoms with van der Waals surface area (Å²) in [7, 11) is 0. The van der Waals surface area contributed by atoms with Crippen molar-refractivity contribution in [2.75, 3.05) is 31.2 Å². The zero-order valence-corrected chi connectivity index (χ0v) is 23.5. The molecule has 0 aromatic heterocycles. The molecule has 3 aromatic carbocycles. The molecule has 0 radical (unpaired) electrons. The first-order chi connectivity index (χ1) is 19.3. The number of quaternary nitrogens is 1. The summed E-state index contributed by atoms with van der Waals surface area (Å²) in [6, 6.07) is 17.3. The molecule has 1 fully saturated rings. The Labute approximate surface area is 235 Å². The van der Waals surface area contributed by atoms with Gasteiger partial charge in [-0.3, -0.25) is 9.59 Å². The van der Waals surface area contributed by atoms with Crippen LogP contribution in [0.1, 0.15) is 56.0 Å². The Morgan fingerprint density at radius 1 is 1.00 bits per heavy atom. The van der Waals surface area contributed by atoms with Crippen LogP contribution >= 0.6 is 0 Å². The summed E-state index contributed by atoms with van der Waals surface area (Å²) in [6.07, 6.45) is 2.30. The van der Waals surface area contributed by atoms with E-state index in [0.29, 0.717) is 43.2 Å². The van der Waals surface area contributed by atoms with E-state index >= 15 is 0 Å². The SMILES string of the molecule is CCOc1cc(C[NH2+]CCC2(CC)CC(=O)N(c3ccc(C(N)=O)cc3)C2)cc(OCC)c1-c1ccc(F)cc1. The lowest BCUT2D eigenvalue weighted by atomic mass is 9.81. The van der Waals surface area contributed by atoms with Gasteiger partial charge in [0.15, 0.2) is 0 Å². The molecule has 4 rings (SSSR count). The predicted octanol–water partition coefficient (Wildman–Crippen LogP) is 4.68. The molecular weight excluding hydrogens is 509 g/mol. The summed E-state index contributed by atoms with van der Waals surface area (Å²) < 4.78 is 25.6. The van der Waals surface area contributed by atoms with Gasteiger partial charge in [-0.15, -0.1) is 0 Å². The van der Waals surface area contributed by atoms with E-state index in [1.807, 2.05) is 30.9 Å². The smallest absolute Gasteiger partial charge is 0.248 e. The minimum Gasteiger partial charge on any atom is -0.493 e. The Morgan fingerprint density at radius 3 is 2.17 bits per heavy atom. The van der Waals surface area contributed by atoms with Crippen molar-refractivity contribution in [1.82, 2.24) is 0 Å². The molecule has 1 heterocycles. The summed E-state index contributed by atoms with van der Waals surface area (Å²) in [6.45, 7) is 9.28. The van der Waals surface area contributed by atoms with Crippen LogP contribution in [0.3, 0.4) is 0 Å². The van der Waals surface area contributed by atoms with Gasteiger partial charge >= 0.3 is 0 Å². The van der Waals surface area contributed by atoms with E-state index < -0.39 is 5.91 Å². The number of nitrogens with zero attached hydrogens (tertiary/aromatic N) is 1. The molecule has 0 aliphatic carbocycles. The molecule has 1 unspecified atom stereocenters. The molecule has 2 amide bonds. The van der Waals surface area contributed by atoms with E-state index in [4.69, 9.17) is 15.2 Å². The first-order valence-electron chi connectivity index (χ1n) is 14.0. The van der Waals surface area contributed by atoms with E-state index in [2.05, 4.69) is 12.2 Å². The summed E-state index contributed by atoms with van der Waals surface area (Å²) in [5.41, 5.74) is 9.21. The maximum atomic E-state index is 13.6. The van der Waals surface area contributed by atoms with Crippen molar-refractivity contribution >= 4 is 17.5 Å². The third-order valence-corrected chi connectivity index (χ3v) is 7.65. The lowest BCUT2D eigenvalue weighted by Crippen LogP contribution is -2.83. The fourth-order valence-corrected chi connectivity index (χ4v) is 5.40. The predicted molar refractivity (Wildman–Crippen MR) is 154 cm³/mol. The Balaban J connectivity index is 1.44. The molecule has 3 aromatic rings. The summed E-state index contributed by atoms with van der Waals surface area (Å²) in [5, 5.41) is 2.25. The minimum absolute atomic E-state index is 0.102. The molecule has 1 aliphatic heterocycles. The monoisotopic (exact) mass is 548 g/mol. The van der Waals surface area contributed by atoms with Crippen LogP contribution in [0.5, 0.6) is 11.5 Å². The minimum atomic E-state index is -0.482. The number of amides is 2. The van der Waals surface area contributed by atoms with Crippen molar-refractivity contribution in [2.45, 2.75) is 46.6 Å². The van der Waals surface area contributed by atoms with Gasteiger partial charge < -0.3 is 25.4 Å². The van der Waals surface area contributed by atoms with Gasteiger partial charge in [-0.2, -0.15) is 0 Å². The van der Waals surface area contributed by atoms with Gasteiger partial charge in [0.05, 0.1) is 25.3 Å². The van der Waals surface area contributed by atoms with Gasteiger partial charge in [-0.05, 0) is 74.4 Å². The topological polar surface area (TPSA) is 98.5 Å². The van der Waals surface area contributed by atoms with Gasteiger partial charge in [0.25, 0.3) is 0 Å². The van der Waals surface area contributed by atoms with E-state index in [0.717, 1.165) is 48.3 Å². The number of rotatable bonds is 13. The van der Waals surface area contributed by atoms with E-state index in [-0.39, 0.29) is 17.1 Å². The highest BCUT2D eigenvalue weighted by Gasteiger charge is 2.42. The second-order valence-electron chi connectivity index (χ2n) is 10.3. The molecule has 8 heteroatoms. The second-order valence-corrected chi connectivity index (χ2v) is 10.3. The van der Waals surface area contributed by atoms with Gasteiger partial charge in [-0.1, -0.05) is 19.1 Å². The molecule has 1 atom stereocenters. The molecule has 0 spiro atoms. The normalized spacial score (nSPS) is 16.8. The fourth-order valence-electron chi connectivity index (χ4n) is 5.40. The van der Waals surface area contributed by atoms with Crippen LogP contribution in [0.2, 0.25) is 0 Å². The van der Waals surface area contributed by atoms with E-state index in [9.17, 15) is 14.0 Å². The van der Waals surface area contributed by atoms with Crippen LogP contribution in [0.15, 0.2) is 60.7 Å². The molecule has 0 bridgehead atoms. The second kappa shape index (κ2) is 13.0. The van der Waals surface area contributed by atoms with Crippen LogP contribution in [0.4, 0.5) is 10.1 Å². The lowest BCUT2D eigenvalue weighted by molar-refractivity contribution is -0.672. The number of ether oxygens (including phenoxy) is 2. The number of hydrogen-bond acceptors (Lipinski definition) is 4. The molecular formula is C32H39FN3O4+. The first kappa shape index (κ1) is 29.1. The van der Waals surface area contributed by atoms with Crippen molar-refractivity contribution in [3.63, 3.8) is 0 Å². The number of carbonyl (C=O) groups is 2. The van der Waals surface area contributed by atoms with Gasteiger partial charge in [0, 0.05) is 41.6 Å². The molecule has 7 nitrogen and oxygen atoms in total. The standard InChI is InChI=1S/C32H38FN3O4/c1-4-32(19-29(37)36(21-32)26-13-9-24(10-14-26)31(34)38)15-16-35-20-22-17-27(39-5-2)30(28(18-22)40-6-3)23-7-11-25(33)12-8-23/h7-14,17-18,35H,4-6,15-16,19-21H2,1-3H3,(H2,34,38)/p+1. The Kier molecular flexibility index (Phi) is 9.42. The summed E-state index contributed by atoms with van der Waals surface area (Å²) >= 11 is 0. The van der Waals surface area contributed by atoms with Crippen LogP contribution in [-0.4, -0.2) is 38.1 Å². The number of hydrogen-bond donors (Lipinski definition) is 2. The van der Waals surface area contributed by atoms with E-state index in [1.54, 1.807) is 36.4 Å². The molecule has 212 valence electrons. The zero-order chi connectivity index (χ0) is 28.7. The third kappa shape index (κ3) is 6.62. The van der Waals surface area contributed by atoms with Crippen molar-refractivity contribution in [1.29, 1.82) is 0 Å². The summed E-state index contributed by atoms with van der Waals surface area (Å²) in [4.78, 5) is 26.2. The number of benzene rings is 3. The van der Waals surface area contributed by atoms with Crippen LogP contribution in [-0.2, 0) is 11.3 Å². The maximum absolute atomic E-state index is 13.6. The number of nitrogens with two attached hydrogens (primary N) is 2. The number of primary amides is 1. The van der Waals surface area contributed by atoms with Crippen LogP contribution in [0.25, 0.3) is 11.1 Å². The first-order valence-corrected chi connectivity index (χ1v) is 14.0. The molecule has 4 N–H and O–H groups in total. The highest BCUT2D eigenvalue weighted by Crippen LogP contribution is 2.41. The van der Waals surface area contributed by atoms with Crippen LogP contribution in [0, 0.1) is 11.2 Å². The molecule has 40 heavy (non-hydrogen) atoms. The number of carbonyl (C=O) groups excluding carboxylic acids is 2. The Bertz CT molecular complexity index is 1300. The zero-order valence-electron chi connectivity index (χ0n) is 23.5. The van der Waals surface area contributed by atoms with Crippen molar-refractivity contribution in [2.24, 2.45) is 11.1 Å². The highest BCUT2D eigenvalue weighted by molar-refractivity contribution is 5.97. The fraction of sp³-hybridized carbons (Fsp3) is 0.375. The molecule has 1 aliphatic rings. The number of anilines is 1. The largest absolute Gasteiger partial charge is 0.493 e. The average Bonchev–Trinajstić information content (AvgIpc) is 3.29. The van der Waals surface area contributed by atoms with Gasteiger partial charge in [0.1, 0.15) is 23.9 Å². The lowest BCUT2D eigenvalue weighted by Gasteiger charge is -2.27. The quantitative estimate of drug-likeness (QED) is 0.303.